The monoisotopic (exact) mass is 343 g/mol. The molecular formula is C19H22FN3O2. The quantitative estimate of drug-likeness (QED) is 0.792. The largest absolute Gasteiger partial charge is 0.347 e. The highest BCUT2D eigenvalue weighted by molar-refractivity contribution is 6.03. The number of urea groups is 1. The maximum Gasteiger partial charge on any atom is 0.319 e. The van der Waals surface area contributed by atoms with Crippen LogP contribution >= 0.6 is 0 Å². The van der Waals surface area contributed by atoms with E-state index in [4.69, 9.17) is 0 Å². The Morgan fingerprint density at radius 3 is 2.32 bits per heavy atom. The Morgan fingerprint density at radius 2 is 1.64 bits per heavy atom. The van der Waals surface area contributed by atoms with Gasteiger partial charge in [0.15, 0.2) is 0 Å². The molecule has 5 nitrogen and oxygen atoms in total. The Bertz CT molecular complexity index is 769. The minimum Gasteiger partial charge on any atom is -0.347 e. The number of nitrogens with one attached hydrogen (secondary N) is 3. The topological polar surface area (TPSA) is 70.2 Å². The highest BCUT2D eigenvalue weighted by atomic mass is 19.1. The van der Waals surface area contributed by atoms with E-state index < -0.39 is 11.6 Å². The number of hydrogen-bond acceptors (Lipinski definition) is 2. The number of halogens is 1. The molecule has 0 aliphatic heterocycles. The summed E-state index contributed by atoms with van der Waals surface area (Å²) in [6.45, 7) is 5.68. The summed E-state index contributed by atoms with van der Waals surface area (Å²) < 4.78 is 13.6. The molecule has 0 aliphatic rings. The van der Waals surface area contributed by atoms with Gasteiger partial charge in [-0.15, -0.1) is 0 Å². The third kappa shape index (κ3) is 5.60. The average molecular weight is 343 g/mol. The van der Waals surface area contributed by atoms with E-state index in [0.29, 0.717) is 16.8 Å². The summed E-state index contributed by atoms with van der Waals surface area (Å²) in [6.07, 6.45) is 0. The predicted octanol–water partition coefficient (Wildman–Crippen LogP) is 3.68. The zero-order valence-corrected chi connectivity index (χ0v) is 14.5. The van der Waals surface area contributed by atoms with Crippen molar-refractivity contribution in [1.82, 2.24) is 10.6 Å². The molecule has 0 fully saturated rings. The molecule has 132 valence electrons. The Kier molecular flexibility index (Phi) is 5.75. The lowest BCUT2D eigenvalue weighted by Crippen LogP contribution is -2.41. The van der Waals surface area contributed by atoms with Crippen LogP contribution in [0.4, 0.5) is 14.9 Å². The molecule has 0 aromatic heterocycles. The zero-order valence-electron chi connectivity index (χ0n) is 14.5. The third-order valence-electron chi connectivity index (χ3n) is 3.31. The molecule has 25 heavy (non-hydrogen) atoms. The van der Waals surface area contributed by atoms with Crippen molar-refractivity contribution in [2.75, 3.05) is 5.32 Å². The van der Waals surface area contributed by atoms with Crippen molar-refractivity contribution in [2.24, 2.45) is 0 Å². The van der Waals surface area contributed by atoms with Crippen LogP contribution in [0.3, 0.4) is 0 Å². The number of amides is 3. The van der Waals surface area contributed by atoms with Gasteiger partial charge in [0, 0.05) is 17.6 Å². The van der Waals surface area contributed by atoms with Gasteiger partial charge in [0.05, 0.1) is 11.3 Å². The van der Waals surface area contributed by atoms with Gasteiger partial charge in [0.25, 0.3) is 5.91 Å². The molecule has 0 spiro atoms. The van der Waals surface area contributed by atoms with Gasteiger partial charge in [0.2, 0.25) is 0 Å². The van der Waals surface area contributed by atoms with Crippen LogP contribution in [0.2, 0.25) is 0 Å². The second-order valence-electron chi connectivity index (χ2n) is 6.65. The van der Waals surface area contributed by atoms with Gasteiger partial charge < -0.3 is 16.0 Å². The molecule has 0 saturated heterocycles. The zero-order chi connectivity index (χ0) is 18.4. The molecule has 0 heterocycles. The van der Waals surface area contributed by atoms with Gasteiger partial charge in [-0.3, -0.25) is 4.79 Å². The summed E-state index contributed by atoms with van der Waals surface area (Å²) in [5.41, 5.74) is 0.738. The third-order valence-corrected chi connectivity index (χ3v) is 3.31. The summed E-state index contributed by atoms with van der Waals surface area (Å²) in [7, 11) is 0. The Morgan fingerprint density at radius 1 is 1.00 bits per heavy atom. The van der Waals surface area contributed by atoms with Gasteiger partial charge in [0.1, 0.15) is 5.82 Å². The number of benzene rings is 2. The number of carbonyl (C=O) groups excluding carboxylic acids is 2. The van der Waals surface area contributed by atoms with Gasteiger partial charge in [-0.2, -0.15) is 0 Å². The van der Waals surface area contributed by atoms with Crippen molar-refractivity contribution >= 4 is 17.6 Å². The molecule has 0 unspecified atom stereocenters. The number of para-hydroxylation sites is 1. The van der Waals surface area contributed by atoms with E-state index >= 15 is 0 Å². The van der Waals surface area contributed by atoms with Crippen LogP contribution in [0, 0.1) is 5.82 Å². The van der Waals surface area contributed by atoms with Crippen LogP contribution in [-0.4, -0.2) is 17.5 Å². The first-order valence-corrected chi connectivity index (χ1v) is 7.96. The van der Waals surface area contributed by atoms with E-state index in [-0.39, 0.29) is 18.3 Å². The molecule has 0 saturated carbocycles. The van der Waals surface area contributed by atoms with E-state index in [1.54, 1.807) is 42.5 Å². The first-order chi connectivity index (χ1) is 11.8. The van der Waals surface area contributed by atoms with Crippen LogP contribution < -0.4 is 16.0 Å². The molecule has 6 heteroatoms. The van der Waals surface area contributed by atoms with Crippen molar-refractivity contribution in [3.8, 4) is 0 Å². The summed E-state index contributed by atoms with van der Waals surface area (Å²) >= 11 is 0. The highest BCUT2D eigenvalue weighted by Gasteiger charge is 2.18. The van der Waals surface area contributed by atoms with E-state index in [9.17, 15) is 14.0 Å². The molecule has 0 aliphatic carbocycles. The molecule has 2 rings (SSSR count). The van der Waals surface area contributed by atoms with Gasteiger partial charge >= 0.3 is 6.03 Å². The van der Waals surface area contributed by atoms with Crippen molar-refractivity contribution in [2.45, 2.75) is 32.9 Å². The predicted molar refractivity (Wildman–Crippen MR) is 95.9 cm³/mol. The number of anilines is 1. The minimum atomic E-state index is -0.515. The SMILES string of the molecule is CC(C)(C)NC(=O)c1ccccc1NC(=O)NCc1ccccc1F. The van der Waals surface area contributed by atoms with E-state index in [1.807, 2.05) is 20.8 Å². The van der Waals surface area contributed by atoms with E-state index in [2.05, 4.69) is 16.0 Å². The summed E-state index contributed by atoms with van der Waals surface area (Å²) in [4.78, 5) is 24.4. The van der Waals surface area contributed by atoms with Crippen molar-refractivity contribution in [1.29, 1.82) is 0 Å². The van der Waals surface area contributed by atoms with Crippen molar-refractivity contribution < 1.29 is 14.0 Å². The van der Waals surface area contributed by atoms with Crippen LogP contribution in [-0.2, 0) is 6.54 Å². The van der Waals surface area contributed by atoms with Gasteiger partial charge in [-0.05, 0) is 39.0 Å². The fraction of sp³-hybridized carbons (Fsp3) is 0.263. The molecule has 2 aromatic rings. The molecule has 0 atom stereocenters. The van der Waals surface area contributed by atoms with Gasteiger partial charge in [-0.1, -0.05) is 30.3 Å². The lowest BCUT2D eigenvalue weighted by molar-refractivity contribution is 0.0920. The minimum absolute atomic E-state index is 0.0505. The lowest BCUT2D eigenvalue weighted by atomic mass is 10.1. The van der Waals surface area contributed by atoms with E-state index in [1.165, 1.54) is 6.07 Å². The molecule has 3 amide bonds. The fourth-order valence-corrected chi connectivity index (χ4v) is 2.18. The second-order valence-corrected chi connectivity index (χ2v) is 6.65. The molecule has 0 radical (unpaired) electrons. The van der Waals surface area contributed by atoms with Gasteiger partial charge in [-0.25, -0.2) is 9.18 Å². The molecule has 0 bridgehead atoms. The highest BCUT2D eigenvalue weighted by Crippen LogP contribution is 2.16. The van der Waals surface area contributed by atoms with Crippen LogP contribution in [0.15, 0.2) is 48.5 Å². The van der Waals surface area contributed by atoms with Crippen molar-refractivity contribution in [3.05, 3.63) is 65.5 Å². The Balaban J connectivity index is 2.04. The van der Waals surface area contributed by atoms with Crippen LogP contribution in [0.1, 0.15) is 36.7 Å². The Hall–Kier alpha value is -2.89. The second kappa shape index (κ2) is 7.79. The average Bonchev–Trinajstić information content (AvgIpc) is 2.53. The number of carbonyl (C=O) groups is 2. The maximum absolute atomic E-state index is 13.6. The molecular weight excluding hydrogens is 321 g/mol. The smallest absolute Gasteiger partial charge is 0.319 e. The van der Waals surface area contributed by atoms with Crippen LogP contribution in [0.5, 0.6) is 0 Å². The number of rotatable bonds is 4. The standard InChI is InChI=1S/C19H22FN3O2/c1-19(2,3)23-17(24)14-9-5-7-11-16(14)22-18(25)21-12-13-8-4-6-10-15(13)20/h4-11H,12H2,1-3H3,(H,23,24)(H2,21,22,25). The fourth-order valence-electron chi connectivity index (χ4n) is 2.18. The number of hydrogen-bond donors (Lipinski definition) is 3. The molecule has 3 N–H and O–H groups in total. The van der Waals surface area contributed by atoms with Crippen LogP contribution in [0.25, 0.3) is 0 Å². The Labute approximate surface area is 146 Å². The first kappa shape index (κ1) is 18.4. The summed E-state index contributed by atoms with van der Waals surface area (Å²) in [5.74, 6) is -0.662. The normalized spacial score (nSPS) is 10.9. The van der Waals surface area contributed by atoms with Crippen molar-refractivity contribution in [3.63, 3.8) is 0 Å². The van der Waals surface area contributed by atoms with E-state index in [0.717, 1.165) is 0 Å². The first-order valence-electron chi connectivity index (χ1n) is 7.96. The molecule has 2 aromatic carbocycles. The maximum atomic E-state index is 13.6. The lowest BCUT2D eigenvalue weighted by Gasteiger charge is -2.21. The summed E-state index contributed by atoms with van der Waals surface area (Å²) in [5, 5.41) is 8.07. The summed E-state index contributed by atoms with van der Waals surface area (Å²) in [6, 6.07) is 12.4.